The predicted molar refractivity (Wildman–Crippen MR) is 105 cm³/mol. The monoisotopic (exact) mass is 386 g/mol. The maximum absolute atomic E-state index is 12.9. The highest BCUT2D eigenvalue weighted by Crippen LogP contribution is 2.30. The number of hydrogen-bond acceptors (Lipinski definition) is 5. The van der Waals surface area contributed by atoms with Gasteiger partial charge >= 0.3 is 0 Å². The number of carbonyl (C=O) groups is 2. The second kappa shape index (κ2) is 8.33. The van der Waals surface area contributed by atoms with Crippen molar-refractivity contribution >= 4 is 17.5 Å². The summed E-state index contributed by atoms with van der Waals surface area (Å²) in [5.41, 5.74) is 1.72. The van der Waals surface area contributed by atoms with Gasteiger partial charge in [-0.25, -0.2) is 4.98 Å². The van der Waals surface area contributed by atoms with Gasteiger partial charge in [-0.2, -0.15) is 0 Å². The molecule has 2 aromatic rings. The molecule has 0 aliphatic carbocycles. The number of rotatable bonds is 6. The van der Waals surface area contributed by atoms with E-state index in [9.17, 15) is 9.59 Å². The number of fused-ring (bicyclic) bond motifs is 1. The zero-order valence-corrected chi connectivity index (χ0v) is 16.7. The summed E-state index contributed by atoms with van der Waals surface area (Å²) in [6.45, 7) is 4.46. The summed E-state index contributed by atoms with van der Waals surface area (Å²) in [6.07, 6.45) is 2.66. The summed E-state index contributed by atoms with van der Waals surface area (Å²) >= 11 is 0. The van der Waals surface area contributed by atoms with Crippen LogP contribution >= 0.6 is 0 Å². The third kappa shape index (κ3) is 3.95. The van der Waals surface area contributed by atoms with E-state index < -0.39 is 0 Å². The molecule has 0 fully saturated rings. The molecule has 8 heteroatoms. The molecule has 28 heavy (non-hydrogen) atoms. The Kier molecular flexibility index (Phi) is 5.87. The van der Waals surface area contributed by atoms with E-state index in [1.54, 1.807) is 25.3 Å². The Bertz CT molecular complexity index is 889. The highest BCUT2D eigenvalue weighted by molar-refractivity contribution is 6.03. The molecule has 0 atom stereocenters. The van der Waals surface area contributed by atoms with Crippen molar-refractivity contribution in [2.75, 3.05) is 19.5 Å². The minimum atomic E-state index is -0.362. The number of nitrogens with zero attached hydrogens (tertiary/aromatic N) is 2. The maximum atomic E-state index is 12.9. The summed E-state index contributed by atoms with van der Waals surface area (Å²) in [6, 6.07) is 5.13. The van der Waals surface area contributed by atoms with Gasteiger partial charge < -0.3 is 24.7 Å². The van der Waals surface area contributed by atoms with Crippen LogP contribution < -0.4 is 20.1 Å². The lowest BCUT2D eigenvalue weighted by atomic mass is 10.1. The van der Waals surface area contributed by atoms with Gasteiger partial charge in [0.15, 0.2) is 17.3 Å². The van der Waals surface area contributed by atoms with Crippen LogP contribution in [0.25, 0.3) is 0 Å². The van der Waals surface area contributed by atoms with E-state index in [0.29, 0.717) is 29.4 Å². The van der Waals surface area contributed by atoms with E-state index in [1.807, 2.05) is 18.4 Å². The van der Waals surface area contributed by atoms with E-state index in [1.165, 1.54) is 7.11 Å². The summed E-state index contributed by atoms with van der Waals surface area (Å²) < 4.78 is 12.4. The molecule has 2 heterocycles. The quantitative estimate of drug-likeness (QED) is 0.796. The molecule has 0 saturated heterocycles. The van der Waals surface area contributed by atoms with Crippen LogP contribution in [0.4, 0.5) is 5.69 Å². The Balaban J connectivity index is 1.89. The van der Waals surface area contributed by atoms with E-state index >= 15 is 0 Å². The van der Waals surface area contributed by atoms with E-state index in [-0.39, 0.29) is 23.7 Å². The van der Waals surface area contributed by atoms with Gasteiger partial charge in [-0.1, -0.05) is 0 Å². The molecule has 0 saturated carbocycles. The van der Waals surface area contributed by atoms with Crippen LogP contribution in [-0.4, -0.2) is 41.6 Å². The first-order chi connectivity index (χ1) is 13.4. The minimum absolute atomic E-state index is 0.00233. The second-order valence-electron chi connectivity index (χ2n) is 6.99. The molecule has 3 rings (SSSR count). The van der Waals surface area contributed by atoms with Gasteiger partial charge in [0, 0.05) is 24.3 Å². The molecular weight excluding hydrogens is 360 g/mol. The van der Waals surface area contributed by atoms with Crippen LogP contribution in [0.1, 0.15) is 53.5 Å². The predicted octanol–water partition coefficient (Wildman–Crippen LogP) is 2.63. The number of benzene rings is 1. The van der Waals surface area contributed by atoms with Crippen molar-refractivity contribution in [3.8, 4) is 11.5 Å². The number of nitrogens with one attached hydrogen (secondary N) is 2. The normalized spacial score (nSPS) is 13.0. The van der Waals surface area contributed by atoms with Crippen molar-refractivity contribution in [2.45, 2.75) is 45.7 Å². The molecule has 1 aliphatic heterocycles. The van der Waals surface area contributed by atoms with Crippen LogP contribution in [0.3, 0.4) is 0 Å². The van der Waals surface area contributed by atoms with Crippen LogP contribution in [0.15, 0.2) is 18.2 Å². The van der Waals surface area contributed by atoms with Crippen molar-refractivity contribution in [2.24, 2.45) is 0 Å². The summed E-state index contributed by atoms with van der Waals surface area (Å²) in [7, 11) is 3.09. The number of ether oxygens (including phenoxy) is 2. The fourth-order valence-electron chi connectivity index (χ4n) is 3.33. The summed E-state index contributed by atoms with van der Waals surface area (Å²) in [4.78, 5) is 29.8. The van der Waals surface area contributed by atoms with Crippen molar-refractivity contribution in [3.63, 3.8) is 0 Å². The molecule has 1 aliphatic rings. The highest BCUT2D eigenvalue weighted by Gasteiger charge is 2.27. The Morgan fingerprint density at radius 3 is 2.54 bits per heavy atom. The topological polar surface area (TPSA) is 94.5 Å². The second-order valence-corrected chi connectivity index (χ2v) is 6.99. The average molecular weight is 386 g/mol. The van der Waals surface area contributed by atoms with E-state index in [4.69, 9.17) is 9.47 Å². The Morgan fingerprint density at radius 1 is 1.11 bits per heavy atom. The van der Waals surface area contributed by atoms with Crippen molar-refractivity contribution in [3.05, 3.63) is 35.4 Å². The number of hydrogen-bond donors (Lipinski definition) is 2. The molecule has 2 N–H and O–H groups in total. The zero-order chi connectivity index (χ0) is 20.3. The minimum Gasteiger partial charge on any atom is -0.493 e. The van der Waals surface area contributed by atoms with E-state index in [0.717, 1.165) is 25.0 Å². The number of imidazole rings is 1. The fraction of sp³-hybridized carbons (Fsp3) is 0.450. The van der Waals surface area contributed by atoms with Gasteiger partial charge in [0.1, 0.15) is 5.69 Å². The third-order valence-electron chi connectivity index (χ3n) is 4.60. The lowest BCUT2D eigenvalue weighted by molar-refractivity contribution is 0.0937. The van der Waals surface area contributed by atoms with Gasteiger partial charge in [-0.3, -0.25) is 9.59 Å². The molecule has 150 valence electrons. The molecular formula is C20H26N4O4. The van der Waals surface area contributed by atoms with Crippen LogP contribution in [0, 0.1) is 0 Å². The van der Waals surface area contributed by atoms with Crippen LogP contribution in [0.5, 0.6) is 11.5 Å². The molecule has 8 nitrogen and oxygen atoms in total. The third-order valence-corrected chi connectivity index (χ3v) is 4.60. The Labute approximate surface area is 164 Å². The van der Waals surface area contributed by atoms with Gasteiger partial charge in [-0.15, -0.1) is 0 Å². The Hall–Kier alpha value is -3.03. The number of methoxy groups -OCH3 is 2. The molecule has 0 radical (unpaired) electrons. The van der Waals surface area contributed by atoms with Gasteiger partial charge in [0.2, 0.25) is 0 Å². The van der Waals surface area contributed by atoms with Crippen molar-refractivity contribution in [1.29, 1.82) is 0 Å². The Morgan fingerprint density at radius 2 is 1.86 bits per heavy atom. The van der Waals surface area contributed by atoms with Gasteiger partial charge in [-0.05, 0) is 45.2 Å². The molecule has 2 amide bonds. The fourth-order valence-corrected chi connectivity index (χ4v) is 3.33. The smallest absolute Gasteiger partial charge is 0.291 e. The van der Waals surface area contributed by atoms with Crippen LogP contribution in [0.2, 0.25) is 0 Å². The molecule has 0 spiro atoms. The number of amides is 2. The molecule has 1 aromatic carbocycles. The molecule has 1 aromatic heterocycles. The lowest BCUT2D eigenvalue weighted by Gasteiger charge is -2.17. The first-order valence-electron chi connectivity index (χ1n) is 9.38. The number of carbonyl (C=O) groups excluding carboxylic acids is 2. The number of anilines is 1. The number of aromatic nitrogens is 2. The van der Waals surface area contributed by atoms with Gasteiger partial charge in [0.05, 0.1) is 19.9 Å². The zero-order valence-electron chi connectivity index (χ0n) is 16.7. The van der Waals surface area contributed by atoms with Crippen molar-refractivity contribution in [1.82, 2.24) is 14.9 Å². The maximum Gasteiger partial charge on any atom is 0.291 e. The molecule has 0 bridgehead atoms. The first kappa shape index (κ1) is 19.7. The highest BCUT2D eigenvalue weighted by atomic mass is 16.5. The summed E-state index contributed by atoms with van der Waals surface area (Å²) in [5, 5.41) is 5.70. The largest absolute Gasteiger partial charge is 0.493 e. The average Bonchev–Trinajstić information content (AvgIpc) is 3.07. The van der Waals surface area contributed by atoms with E-state index in [2.05, 4.69) is 15.6 Å². The van der Waals surface area contributed by atoms with Gasteiger partial charge in [0.25, 0.3) is 11.8 Å². The standard InChI is InChI=1S/C20H26N4O4/c1-12(2)21-19(25)17-14-7-5-6-10-24(14)18(23-17)20(26)22-13-8-9-15(27-3)16(11-13)28-4/h8-9,11-12H,5-7,10H2,1-4H3,(H,21,25)(H,22,26). The SMILES string of the molecule is COc1ccc(NC(=O)c2nc(C(=O)NC(C)C)c3n2CCCC3)cc1OC. The first-order valence-corrected chi connectivity index (χ1v) is 9.38. The van der Waals surface area contributed by atoms with Crippen molar-refractivity contribution < 1.29 is 19.1 Å². The van der Waals surface area contributed by atoms with Crippen LogP contribution in [-0.2, 0) is 13.0 Å². The molecule has 0 unspecified atom stereocenters. The summed E-state index contributed by atoms with van der Waals surface area (Å²) in [5.74, 6) is 0.733. The lowest BCUT2D eigenvalue weighted by Crippen LogP contribution is -2.31.